The third kappa shape index (κ3) is 3.64. The van der Waals surface area contributed by atoms with Crippen molar-refractivity contribution in [2.75, 3.05) is 33.7 Å². The van der Waals surface area contributed by atoms with Gasteiger partial charge in [0.05, 0.1) is 0 Å². The molecule has 82 valence electrons. The van der Waals surface area contributed by atoms with Gasteiger partial charge in [-0.1, -0.05) is 0 Å². The van der Waals surface area contributed by atoms with Gasteiger partial charge < -0.3 is 14.9 Å². The molecule has 0 bridgehead atoms. The molecule has 1 N–H and O–H groups in total. The van der Waals surface area contributed by atoms with E-state index in [9.17, 15) is 4.79 Å². The molecule has 14 heavy (non-hydrogen) atoms. The molecule has 0 aliphatic carbocycles. The Morgan fingerprint density at radius 1 is 1.64 bits per heavy atom. The van der Waals surface area contributed by atoms with Gasteiger partial charge in [0.1, 0.15) is 0 Å². The minimum atomic E-state index is -0.693. The third-order valence-electron chi connectivity index (χ3n) is 2.89. The normalized spacial score (nSPS) is 23.2. The lowest BCUT2D eigenvalue weighted by Crippen LogP contribution is -2.34. The van der Waals surface area contributed by atoms with Crippen LogP contribution >= 0.6 is 0 Å². The first-order valence-corrected chi connectivity index (χ1v) is 5.20. The average molecular weight is 200 g/mol. The molecule has 1 saturated heterocycles. The Balaban J connectivity index is 2.15. The minimum absolute atomic E-state index is 0.285. The molecule has 1 unspecified atom stereocenters. The summed E-state index contributed by atoms with van der Waals surface area (Å²) in [7, 11) is 4.22. The molecule has 0 spiro atoms. The van der Waals surface area contributed by atoms with Gasteiger partial charge in [0, 0.05) is 19.0 Å². The number of hydrogen-bond acceptors (Lipinski definition) is 3. The molecule has 0 amide bonds. The van der Waals surface area contributed by atoms with E-state index in [1.54, 1.807) is 0 Å². The minimum Gasteiger partial charge on any atom is -0.481 e. The first-order valence-electron chi connectivity index (χ1n) is 5.20. The zero-order chi connectivity index (χ0) is 10.6. The molecule has 1 heterocycles. The zero-order valence-corrected chi connectivity index (χ0v) is 9.07. The van der Waals surface area contributed by atoms with Crippen LogP contribution in [0.25, 0.3) is 0 Å². The summed E-state index contributed by atoms with van der Waals surface area (Å²) in [5, 5.41) is 8.51. The summed E-state index contributed by atoms with van der Waals surface area (Å²) in [6.45, 7) is 3.17. The molecule has 0 aromatic rings. The maximum absolute atomic E-state index is 10.3. The standard InChI is InChI=1S/C10H20N2O2/c1-11-7-5-9(8-11)12(2)6-3-4-10(13)14/h9H,3-8H2,1-2H3,(H,13,14). The van der Waals surface area contributed by atoms with Crippen molar-refractivity contribution in [3.63, 3.8) is 0 Å². The van der Waals surface area contributed by atoms with Crippen LogP contribution in [0.5, 0.6) is 0 Å². The van der Waals surface area contributed by atoms with Crippen molar-refractivity contribution in [1.82, 2.24) is 9.80 Å². The molecule has 0 aromatic heterocycles. The SMILES string of the molecule is CN1CCC(N(C)CCCC(=O)O)C1. The van der Waals surface area contributed by atoms with Gasteiger partial charge in [-0.05, 0) is 40.0 Å². The van der Waals surface area contributed by atoms with Gasteiger partial charge in [0.25, 0.3) is 0 Å². The first kappa shape index (κ1) is 11.5. The third-order valence-corrected chi connectivity index (χ3v) is 2.89. The van der Waals surface area contributed by atoms with Crippen LogP contribution in [0.4, 0.5) is 0 Å². The number of aliphatic carboxylic acids is 1. The van der Waals surface area contributed by atoms with Gasteiger partial charge in [-0.15, -0.1) is 0 Å². The number of likely N-dealkylation sites (tertiary alicyclic amines) is 1. The van der Waals surface area contributed by atoms with Crippen LogP contribution < -0.4 is 0 Å². The number of carboxylic acid groups (broad SMARTS) is 1. The lowest BCUT2D eigenvalue weighted by Gasteiger charge is -2.23. The topological polar surface area (TPSA) is 43.8 Å². The maximum Gasteiger partial charge on any atom is 0.303 e. The highest BCUT2D eigenvalue weighted by Crippen LogP contribution is 2.12. The summed E-state index contributed by atoms with van der Waals surface area (Å²) in [5.41, 5.74) is 0. The van der Waals surface area contributed by atoms with Crippen LogP contribution in [0.3, 0.4) is 0 Å². The summed E-state index contributed by atoms with van der Waals surface area (Å²) >= 11 is 0. The highest BCUT2D eigenvalue weighted by Gasteiger charge is 2.22. The highest BCUT2D eigenvalue weighted by molar-refractivity contribution is 5.66. The van der Waals surface area contributed by atoms with E-state index in [1.165, 1.54) is 6.42 Å². The van der Waals surface area contributed by atoms with E-state index < -0.39 is 5.97 Å². The van der Waals surface area contributed by atoms with Gasteiger partial charge in [0.15, 0.2) is 0 Å². The predicted octanol–water partition coefficient (Wildman–Crippen LogP) is 0.487. The molecule has 0 saturated carbocycles. The Morgan fingerprint density at radius 2 is 2.36 bits per heavy atom. The maximum atomic E-state index is 10.3. The van der Waals surface area contributed by atoms with Crippen LogP contribution in [-0.2, 0) is 4.79 Å². The van der Waals surface area contributed by atoms with Crippen molar-refractivity contribution in [2.24, 2.45) is 0 Å². The molecule has 1 rings (SSSR count). The molecule has 1 aliphatic heterocycles. The number of carbonyl (C=O) groups is 1. The zero-order valence-electron chi connectivity index (χ0n) is 9.07. The van der Waals surface area contributed by atoms with E-state index in [0.29, 0.717) is 6.04 Å². The second-order valence-electron chi connectivity index (χ2n) is 4.18. The molecule has 0 radical (unpaired) electrons. The largest absolute Gasteiger partial charge is 0.481 e. The molecule has 1 atom stereocenters. The Bertz CT molecular complexity index is 197. The van der Waals surface area contributed by atoms with E-state index in [2.05, 4.69) is 23.9 Å². The predicted molar refractivity (Wildman–Crippen MR) is 55.4 cm³/mol. The molecule has 4 nitrogen and oxygen atoms in total. The molecule has 0 aromatic carbocycles. The molecular weight excluding hydrogens is 180 g/mol. The van der Waals surface area contributed by atoms with Crippen molar-refractivity contribution in [3.05, 3.63) is 0 Å². The van der Waals surface area contributed by atoms with Crippen LogP contribution in [0.15, 0.2) is 0 Å². The van der Waals surface area contributed by atoms with E-state index >= 15 is 0 Å². The fourth-order valence-corrected chi connectivity index (χ4v) is 1.93. The summed E-state index contributed by atoms with van der Waals surface area (Å²) in [6.07, 6.45) is 2.25. The van der Waals surface area contributed by atoms with Crippen LogP contribution in [0, 0.1) is 0 Å². The van der Waals surface area contributed by atoms with Gasteiger partial charge in [-0.25, -0.2) is 0 Å². The fraction of sp³-hybridized carbons (Fsp3) is 0.900. The summed E-state index contributed by atoms with van der Waals surface area (Å²) in [5.74, 6) is -0.693. The van der Waals surface area contributed by atoms with Crippen LogP contribution in [-0.4, -0.2) is 60.6 Å². The van der Waals surface area contributed by atoms with Crippen molar-refractivity contribution in [3.8, 4) is 0 Å². The summed E-state index contributed by atoms with van der Waals surface area (Å²) < 4.78 is 0. The fourth-order valence-electron chi connectivity index (χ4n) is 1.93. The lowest BCUT2D eigenvalue weighted by molar-refractivity contribution is -0.137. The first-order chi connectivity index (χ1) is 6.59. The molecule has 4 heteroatoms. The number of carboxylic acids is 1. The Hall–Kier alpha value is -0.610. The molecule has 1 fully saturated rings. The van der Waals surface area contributed by atoms with Gasteiger partial charge in [0.2, 0.25) is 0 Å². The summed E-state index contributed by atoms with van der Waals surface area (Å²) in [4.78, 5) is 14.9. The van der Waals surface area contributed by atoms with Gasteiger partial charge >= 0.3 is 5.97 Å². The van der Waals surface area contributed by atoms with Crippen LogP contribution in [0.2, 0.25) is 0 Å². The van der Waals surface area contributed by atoms with Crippen molar-refractivity contribution >= 4 is 5.97 Å². The summed E-state index contributed by atoms with van der Waals surface area (Å²) in [6, 6.07) is 0.619. The number of nitrogens with zero attached hydrogens (tertiary/aromatic N) is 2. The molecular formula is C10H20N2O2. The Labute approximate surface area is 85.5 Å². The Kier molecular flexibility index (Phi) is 4.35. The second-order valence-corrected chi connectivity index (χ2v) is 4.18. The van der Waals surface area contributed by atoms with Crippen LogP contribution in [0.1, 0.15) is 19.3 Å². The van der Waals surface area contributed by atoms with E-state index in [0.717, 1.165) is 26.1 Å². The second kappa shape index (κ2) is 5.32. The van der Waals surface area contributed by atoms with E-state index in [-0.39, 0.29) is 6.42 Å². The number of likely N-dealkylation sites (N-methyl/N-ethyl adjacent to an activating group) is 2. The number of hydrogen-bond donors (Lipinski definition) is 1. The molecule has 1 aliphatic rings. The monoisotopic (exact) mass is 200 g/mol. The highest BCUT2D eigenvalue weighted by atomic mass is 16.4. The van der Waals surface area contributed by atoms with E-state index in [4.69, 9.17) is 5.11 Å². The smallest absolute Gasteiger partial charge is 0.303 e. The van der Waals surface area contributed by atoms with Crippen molar-refractivity contribution in [2.45, 2.75) is 25.3 Å². The lowest BCUT2D eigenvalue weighted by atomic mass is 10.2. The van der Waals surface area contributed by atoms with Gasteiger partial charge in [-0.2, -0.15) is 0 Å². The van der Waals surface area contributed by atoms with Crippen molar-refractivity contribution in [1.29, 1.82) is 0 Å². The number of rotatable bonds is 5. The van der Waals surface area contributed by atoms with E-state index in [1.807, 2.05) is 0 Å². The Morgan fingerprint density at radius 3 is 2.86 bits per heavy atom. The quantitative estimate of drug-likeness (QED) is 0.701. The average Bonchev–Trinajstić information content (AvgIpc) is 2.51. The van der Waals surface area contributed by atoms with Crippen molar-refractivity contribution < 1.29 is 9.90 Å². The van der Waals surface area contributed by atoms with Gasteiger partial charge in [-0.3, -0.25) is 4.79 Å².